The normalized spacial score (nSPS) is 15.2. The monoisotopic (exact) mass is 322 g/mol. The lowest BCUT2D eigenvalue weighted by Gasteiger charge is -2.07. The van der Waals surface area contributed by atoms with Crippen LogP contribution in [0, 0.1) is 6.92 Å². The standard InChI is InChI=1S/C19H18N2O3/c1-12-4-6-13(7-5-12)18-20-16(19(22)21-18)10-14-8-9-15(23-2)11-17(14)24-3/h4-11H,1-3H3,(H,20,21,22)/b16-10+. The molecule has 0 atom stereocenters. The maximum atomic E-state index is 12.2. The van der Waals surface area contributed by atoms with Crippen LogP contribution in [-0.2, 0) is 4.79 Å². The van der Waals surface area contributed by atoms with Gasteiger partial charge in [-0.15, -0.1) is 0 Å². The molecule has 0 saturated carbocycles. The smallest absolute Gasteiger partial charge is 0.275 e. The predicted molar refractivity (Wildman–Crippen MR) is 93.4 cm³/mol. The van der Waals surface area contributed by atoms with Gasteiger partial charge in [-0.1, -0.05) is 29.8 Å². The fourth-order valence-electron chi connectivity index (χ4n) is 2.40. The molecule has 3 rings (SSSR count). The number of nitrogens with one attached hydrogen (secondary N) is 1. The van der Waals surface area contributed by atoms with Crippen LogP contribution in [0.25, 0.3) is 6.08 Å². The van der Waals surface area contributed by atoms with Gasteiger partial charge < -0.3 is 14.8 Å². The number of carbonyl (C=O) groups is 1. The minimum Gasteiger partial charge on any atom is -0.497 e. The van der Waals surface area contributed by atoms with Crippen molar-refractivity contribution >= 4 is 17.8 Å². The van der Waals surface area contributed by atoms with E-state index >= 15 is 0 Å². The third kappa shape index (κ3) is 3.15. The van der Waals surface area contributed by atoms with Crippen molar-refractivity contribution in [1.29, 1.82) is 0 Å². The van der Waals surface area contributed by atoms with Crippen LogP contribution in [0.4, 0.5) is 0 Å². The van der Waals surface area contributed by atoms with Gasteiger partial charge in [-0.2, -0.15) is 0 Å². The molecule has 1 N–H and O–H groups in total. The van der Waals surface area contributed by atoms with E-state index in [4.69, 9.17) is 9.47 Å². The molecule has 2 aromatic carbocycles. The number of nitrogens with zero attached hydrogens (tertiary/aromatic N) is 1. The Morgan fingerprint density at radius 2 is 1.79 bits per heavy atom. The molecule has 0 unspecified atom stereocenters. The largest absolute Gasteiger partial charge is 0.497 e. The minimum absolute atomic E-state index is 0.233. The van der Waals surface area contributed by atoms with Crippen molar-refractivity contribution in [3.05, 3.63) is 64.9 Å². The van der Waals surface area contributed by atoms with Crippen LogP contribution in [0.2, 0.25) is 0 Å². The second kappa shape index (κ2) is 6.58. The number of hydrogen-bond acceptors (Lipinski definition) is 4. The summed E-state index contributed by atoms with van der Waals surface area (Å²) in [5.41, 5.74) is 3.13. The number of hydrogen-bond donors (Lipinski definition) is 1. The zero-order chi connectivity index (χ0) is 17.1. The van der Waals surface area contributed by atoms with Crippen LogP contribution < -0.4 is 14.8 Å². The van der Waals surface area contributed by atoms with E-state index in [0.29, 0.717) is 23.0 Å². The average Bonchev–Trinajstić information content (AvgIpc) is 2.96. The molecule has 1 amide bonds. The Morgan fingerprint density at radius 1 is 1.04 bits per heavy atom. The van der Waals surface area contributed by atoms with Gasteiger partial charge in [-0.25, -0.2) is 4.99 Å². The lowest BCUT2D eigenvalue weighted by molar-refractivity contribution is -0.115. The number of methoxy groups -OCH3 is 2. The van der Waals surface area contributed by atoms with E-state index in [-0.39, 0.29) is 5.91 Å². The summed E-state index contributed by atoms with van der Waals surface area (Å²) in [4.78, 5) is 16.6. The molecule has 0 aromatic heterocycles. The van der Waals surface area contributed by atoms with Gasteiger partial charge in [0, 0.05) is 17.2 Å². The van der Waals surface area contributed by atoms with Crippen LogP contribution in [-0.4, -0.2) is 26.0 Å². The summed E-state index contributed by atoms with van der Waals surface area (Å²) in [6.07, 6.45) is 1.70. The number of amidine groups is 1. The lowest BCUT2D eigenvalue weighted by Crippen LogP contribution is -2.24. The van der Waals surface area contributed by atoms with E-state index in [1.165, 1.54) is 0 Å². The van der Waals surface area contributed by atoms with Crippen molar-refractivity contribution in [2.75, 3.05) is 14.2 Å². The van der Waals surface area contributed by atoms with Gasteiger partial charge in [0.1, 0.15) is 23.0 Å². The molecule has 5 nitrogen and oxygen atoms in total. The molecule has 0 radical (unpaired) electrons. The molecule has 1 heterocycles. The summed E-state index contributed by atoms with van der Waals surface area (Å²) in [5.74, 6) is 1.63. The number of aliphatic imine (C=N–C) groups is 1. The topological polar surface area (TPSA) is 59.9 Å². The van der Waals surface area contributed by atoms with Crippen LogP contribution in [0.5, 0.6) is 11.5 Å². The SMILES string of the molecule is COc1ccc(/C=C2/N=C(c3ccc(C)cc3)NC2=O)c(OC)c1. The van der Waals surface area contributed by atoms with Gasteiger partial charge in [-0.3, -0.25) is 4.79 Å². The van der Waals surface area contributed by atoms with E-state index in [1.54, 1.807) is 26.4 Å². The highest BCUT2D eigenvalue weighted by atomic mass is 16.5. The molecular weight excluding hydrogens is 304 g/mol. The van der Waals surface area contributed by atoms with Gasteiger partial charge in [0.25, 0.3) is 5.91 Å². The highest BCUT2D eigenvalue weighted by Gasteiger charge is 2.21. The van der Waals surface area contributed by atoms with Crippen LogP contribution in [0.15, 0.2) is 53.2 Å². The molecule has 0 saturated heterocycles. The predicted octanol–water partition coefficient (Wildman–Crippen LogP) is 2.93. The molecule has 122 valence electrons. The number of aryl methyl sites for hydroxylation is 1. The van der Waals surface area contributed by atoms with Crippen molar-refractivity contribution in [1.82, 2.24) is 5.32 Å². The number of rotatable bonds is 4. The van der Waals surface area contributed by atoms with E-state index < -0.39 is 0 Å². The molecule has 0 spiro atoms. The van der Waals surface area contributed by atoms with Crippen molar-refractivity contribution < 1.29 is 14.3 Å². The highest BCUT2D eigenvalue weighted by molar-refractivity contribution is 6.19. The first kappa shape index (κ1) is 15.8. The molecule has 0 fully saturated rings. The first-order valence-corrected chi connectivity index (χ1v) is 7.51. The van der Waals surface area contributed by atoms with Gasteiger partial charge in [0.2, 0.25) is 0 Å². The second-order valence-corrected chi connectivity index (χ2v) is 5.42. The van der Waals surface area contributed by atoms with Gasteiger partial charge in [0.05, 0.1) is 14.2 Å². The Balaban J connectivity index is 1.95. The average molecular weight is 322 g/mol. The molecule has 5 heteroatoms. The fourth-order valence-corrected chi connectivity index (χ4v) is 2.40. The Labute approximate surface area is 140 Å². The maximum Gasteiger partial charge on any atom is 0.275 e. The van der Waals surface area contributed by atoms with E-state index in [9.17, 15) is 4.79 Å². The van der Waals surface area contributed by atoms with Gasteiger partial charge >= 0.3 is 0 Å². The molecule has 0 bridgehead atoms. The number of benzene rings is 2. The summed E-state index contributed by atoms with van der Waals surface area (Å²) < 4.78 is 10.5. The van der Waals surface area contributed by atoms with Crippen LogP contribution in [0.3, 0.4) is 0 Å². The molecular formula is C19H18N2O3. The number of ether oxygens (including phenoxy) is 2. The first-order valence-electron chi connectivity index (χ1n) is 7.51. The molecule has 2 aromatic rings. The van der Waals surface area contributed by atoms with Crippen molar-refractivity contribution in [2.45, 2.75) is 6.92 Å². The number of carbonyl (C=O) groups excluding carboxylic acids is 1. The highest BCUT2D eigenvalue weighted by Crippen LogP contribution is 2.27. The zero-order valence-corrected chi connectivity index (χ0v) is 13.8. The molecule has 0 aliphatic carbocycles. The third-order valence-electron chi connectivity index (χ3n) is 3.75. The quantitative estimate of drug-likeness (QED) is 0.881. The summed E-state index contributed by atoms with van der Waals surface area (Å²) in [6.45, 7) is 2.01. The Morgan fingerprint density at radius 3 is 2.46 bits per heavy atom. The Kier molecular flexibility index (Phi) is 4.33. The first-order chi connectivity index (χ1) is 11.6. The molecule has 1 aliphatic heterocycles. The maximum absolute atomic E-state index is 12.2. The fraction of sp³-hybridized carbons (Fsp3) is 0.158. The third-order valence-corrected chi connectivity index (χ3v) is 3.75. The van der Waals surface area contributed by atoms with E-state index in [1.807, 2.05) is 43.3 Å². The van der Waals surface area contributed by atoms with E-state index in [2.05, 4.69) is 10.3 Å². The Hall–Kier alpha value is -3.08. The lowest BCUT2D eigenvalue weighted by atomic mass is 10.1. The summed E-state index contributed by atoms with van der Waals surface area (Å²) in [5, 5.41) is 2.80. The molecule has 1 aliphatic rings. The van der Waals surface area contributed by atoms with Crippen LogP contribution >= 0.6 is 0 Å². The number of amides is 1. The van der Waals surface area contributed by atoms with Gasteiger partial charge in [0.15, 0.2) is 0 Å². The summed E-state index contributed by atoms with van der Waals surface area (Å²) in [7, 11) is 3.17. The second-order valence-electron chi connectivity index (χ2n) is 5.42. The van der Waals surface area contributed by atoms with E-state index in [0.717, 1.165) is 16.7 Å². The summed E-state index contributed by atoms with van der Waals surface area (Å²) in [6, 6.07) is 13.3. The minimum atomic E-state index is -0.233. The van der Waals surface area contributed by atoms with Crippen molar-refractivity contribution in [3.63, 3.8) is 0 Å². The molecule has 24 heavy (non-hydrogen) atoms. The van der Waals surface area contributed by atoms with Crippen molar-refractivity contribution in [3.8, 4) is 11.5 Å². The Bertz CT molecular complexity index is 836. The zero-order valence-electron chi connectivity index (χ0n) is 13.8. The van der Waals surface area contributed by atoms with Gasteiger partial charge in [-0.05, 0) is 25.1 Å². The van der Waals surface area contributed by atoms with Crippen LogP contribution in [0.1, 0.15) is 16.7 Å². The summed E-state index contributed by atoms with van der Waals surface area (Å²) >= 11 is 0. The van der Waals surface area contributed by atoms with Crippen molar-refractivity contribution in [2.24, 2.45) is 4.99 Å².